The average molecular weight is 380 g/mol. The van der Waals surface area contributed by atoms with Crippen molar-refractivity contribution in [3.05, 3.63) is 36.2 Å². The highest BCUT2D eigenvalue weighted by Gasteiger charge is 2.26. The van der Waals surface area contributed by atoms with E-state index < -0.39 is 0 Å². The first-order valence-electron chi connectivity index (χ1n) is 10.5. The summed E-state index contributed by atoms with van der Waals surface area (Å²) in [4.78, 5) is 30.4. The Morgan fingerprint density at radius 2 is 1.96 bits per heavy atom. The number of rotatable bonds is 5. The first-order chi connectivity index (χ1) is 13.7. The Morgan fingerprint density at radius 3 is 2.68 bits per heavy atom. The Labute approximate surface area is 167 Å². The summed E-state index contributed by atoms with van der Waals surface area (Å²) in [6.45, 7) is 5.95. The summed E-state index contributed by atoms with van der Waals surface area (Å²) < 4.78 is 0. The second-order valence-electron chi connectivity index (χ2n) is 7.84. The van der Waals surface area contributed by atoms with Crippen LogP contribution in [0.15, 0.2) is 30.5 Å². The second-order valence-corrected chi connectivity index (χ2v) is 7.84. The molecule has 6 heteroatoms. The number of aryl methyl sites for hydroxylation is 1. The van der Waals surface area contributed by atoms with Gasteiger partial charge < -0.3 is 9.80 Å². The predicted octanol–water partition coefficient (Wildman–Crippen LogP) is 3.33. The summed E-state index contributed by atoms with van der Waals surface area (Å²) in [5.74, 6) is 2.65. The lowest BCUT2D eigenvalue weighted by molar-refractivity contribution is -0.134. The number of hydrogen-bond donors (Lipinski definition) is 0. The van der Waals surface area contributed by atoms with Gasteiger partial charge in [-0.1, -0.05) is 13.0 Å². The van der Waals surface area contributed by atoms with E-state index in [4.69, 9.17) is 4.98 Å². The van der Waals surface area contributed by atoms with Crippen LogP contribution in [0.3, 0.4) is 0 Å². The molecule has 2 aliphatic heterocycles. The molecule has 2 aromatic heterocycles. The van der Waals surface area contributed by atoms with Gasteiger partial charge in [-0.15, -0.1) is 0 Å². The van der Waals surface area contributed by atoms with E-state index in [1.807, 2.05) is 18.2 Å². The Hall–Kier alpha value is -2.50. The Bertz CT molecular complexity index is 802. The molecule has 4 rings (SSSR count). The zero-order valence-corrected chi connectivity index (χ0v) is 16.7. The molecule has 2 aliphatic rings. The lowest BCUT2D eigenvalue weighted by Crippen LogP contribution is -2.43. The maximum absolute atomic E-state index is 12.1. The Morgan fingerprint density at radius 1 is 1.11 bits per heavy atom. The number of amides is 1. The number of anilines is 1. The number of carbonyl (C=O) groups is 1. The van der Waals surface area contributed by atoms with Crippen LogP contribution in [0, 0.1) is 5.92 Å². The highest BCUT2D eigenvalue weighted by atomic mass is 16.2. The maximum atomic E-state index is 12.1. The third-order valence-corrected chi connectivity index (χ3v) is 5.86. The fraction of sp³-hybridized carbons (Fsp3) is 0.545. The van der Waals surface area contributed by atoms with Crippen LogP contribution >= 0.6 is 0 Å². The number of likely N-dealkylation sites (tertiary alicyclic amines) is 1. The van der Waals surface area contributed by atoms with Crippen molar-refractivity contribution in [3.63, 3.8) is 0 Å². The van der Waals surface area contributed by atoms with Crippen molar-refractivity contribution >= 4 is 11.7 Å². The van der Waals surface area contributed by atoms with Crippen molar-refractivity contribution in [2.24, 2.45) is 5.92 Å². The van der Waals surface area contributed by atoms with E-state index in [0.29, 0.717) is 17.6 Å². The highest BCUT2D eigenvalue weighted by Crippen LogP contribution is 2.26. The minimum Gasteiger partial charge on any atom is -0.356 e. The molecule has 2 saturated heterocycles. The van der Waals surface area contributed by atoms with Crippen LogP contribution in [-0.4, -0.2) is 51.9 Å². The molecule has 28 heavy (non-hydrogen) atoms. The van der Waals surface area contributed by atoms with E-state index in [1.54, 1.807) is 6.20 Å². The van der Waals surface area contributed by atoms with Gasteiger partial charge in [0.05, 0.1) is 0 Å². The Kier molecular flexibility index (Phi) is 5.84. The smallest absolute Gasteiger partial charge is 0.222 e. The molecule has 4 heterocycles. The predicted molar refractivity (Wildman–Crippen MR) is 110 cm³/mol. The molecule has 148 valence electrons. The van der Waals surface area contributed by atoms with Crippen LogP contribution in [0.2, 0.25) is 0 Å². The lowest BCUT2D eigenvalue weighted by atomic mass is 9.95. The van der Waals surface area contributed by atoms with Gasteiger partial charge in [0.15, 0.2) is 5.82 Å². The molecule has 0 N–H and O–H groups in total. The molecule has 0 unspecified atom stereocenters. The second kappa shape index (κ2) is 8.67. The third kappa shape index (κ3) is 4.32. The van der Waals surface area contributed by atoms with Gasteiger partial charge in [-0.05, 0) is 50.2 Å². The molecule has 0 aromatic carbocycles. The number of hydrogen-bond acceptors (Lipinski definition) is 5. The summed E-state index contributed by atoms with van der Waals surface area (Å²) in [7, 11) is 0. The number of nitrogens with zero attached hydrogens (tertiary/aromatic N) is 5. The monoisotopic (exact) mass is 379 g/mol. The van der Waals surface area contributed by atoms with E-state index in [1.165, 1.54) is 0 Å². The molecule has 0 spiro atoms. The quantitative estimate of drug-likeness (QED) is 0.797. The molecule has 0 bridgehead atoms. The topological polar surface area (TPSA) is 62.2 Å². The van der Waals surface area contributed by atoms with E-state index in [-0.39, 0.29) is 0 Å². The minimum absolute atomic E-state index is 0.345. The molecule has 2 fully saturated rings. The van der Waals surface area contributed by atoms with Crippen molar-refractivity contribution in [2.75, 3.05) is 31.1 Å². The zero-order valence-electron chi connectivity index (χ0n) is 16.7. The van der Waals surface area contributed by atoms with Crippen molar-refractivity contribution < 1.29 is 4.79 Å². The summed E-state index contributed by atoms with van der Waals surface area (Å²) in [6.07, 6.45) is 7.81. The van der Waals surface area contributed by atoms with Gasteiger partial charge in [-0.2, -0.15) is 0 Å². The molecular weight excluding hydrogens is 350 g/mol. The fourth-order valence-electron chi connectivity index (χ4n) is 4.15. The number of aromatic nitrogens is 3. The molecule has 0 radical (unpaired) electrons. The molecule has 2 aromatic rings. The first kappa shape index (κ1) is 18.8. The standard InChI is InChI=1S/C22H29N5O/c1-2-18-15-20(25-22(24-18)19-7-3-5-11-23-19)26-13-9-17(10-14-26)16-27-12-6-4-8-21(27)28/h3,5,7,11,15,17H,2,4,6,8-10,12-14,16H2,1H3. The lowest BCUT2D eigenvalue weighted by Gasteiger charge is -2.36. The molecule has 6 nitrogen and oxygen atoms in total. The van der Waals surface area contributed by atoms with Gasteiger partial charge in [0, 0.05) is 50.6 Å². The van der Waals surface area contributed by atoms with Gasteiger partial charge in [-0.3, -0.25) is 9.78 Å². The Balaban J connectivity index is 1.43. The van der Waals surface area contributed by atoms with Gasteiger partial charge in [0.25, 0.3) is 0 Å². The minimum atomic E-state index is 0.345. The van der Waals surface area contributed by atoms with Crippen molar-refractivity contribution in [3.8, 4) is 11.5 Å². The van der Waals surface area contributed by atoms with Gasteiger partial charge in [0.2, 0.25) is 5.91 Å². The van der Waals surface area contributed by atoms with Crippen LogP contribution in [0.1, 0.15) is 44.7 Å². The summed E-state index contributed by atoms with van der Waals surface area (Å²) in [5.41, 5.74) is 1.87. The highest BCUT2D eigenvalue weighted by molar-refractivity contribution is 5.76. The van der Waals surface area contributed by atoms with E-state index in [0.717, 1.165) is 81.9 Å². The van der Waals surface area contributed by atoms with E-state index in [2.05, 4.69) is 32.8 Å². The summed E-state index contributed by atoms with van der Waals surface area (Å²) in [5, 5.41) is 0. The van der Waals surface area contributed by atoms with Crippen LogP contribution in [-0.2, 0) is 11.2 Å². The summed E-state index contributed by atoms with van der Waals surface area (Å²) >= 11 is 0. The van der Waals surface area contributed by atoms with Crippen LogP contribution in [0.25, 0.3) is 11.5 Å². The van der Waals surface area contributed by atoms with Crippen molar-refractivity contribution in [2.45, 2.75) is 45.4 Å². The van der Waals surface area contributed by atoms with Crippen molar-refractivity contribution in [1.29, 1.82) is 0 Å². The SMILES string of the molecule is CCc1cc(N2CCC(CN3CCCCC3=O)CC2)nc(-c2ccccn2)n1. The maximum Gasteiger partial charge on any atom is 0.222 e. The zero-order chi connectivity index (χ0) is 19.3. The number of pyridine rings is 1. The fourth-order valence-corrected chi connectivity index (χ4v) is 4.15. The van der Waals surface area contributed by atoms with Gasteiger partial charge in [0.1, 0.15) is 11.5 Å². The van der Waals surface area contributed by atoms with Crippen molar-refractivity contribution in [1.82, 2.24) is 19.9 Å². The average Bonchev–Trinajstić information content (AvgIpc) is 2.76. The third-order valence-electron chi connectivity index (χ3n) is 5.86. The van der Waals surface area contributed by atoms with Gasteiger partial charge >= 0.3 is 0 Å². The normalized spacial score (nSPS) is 18.5. The van der Waals surface area contributed by atoms with E-state index in [9.17, 15) is 4.79 Å². The number of carbonyl (C=O) groups excluding carboxylic acids is 1. The molecule has 0 atom stereocenters. The van der Waals surface area contributed by atoms with E-state index >= 15 is 0 Å². The summed E-state index contributed by atoms with van der Waals surface area (Å²) in [6, 6.07) is 7.95. The molecule has 0 aliphatic carbocycles. The first-order valence-corrected chi connectivity index (χ1v) is 10.5. The number of piperidine rings is 2. The molecule has 1 amide bonds. The van der Waals surface area contributed by atoms with Gasteiger partial charge in [-0.25, -0.2) is 9.97 Å². The van der Waals surface area contributed by atoms with Crippen LogP contribution in [0.4, 0.5) is 5.82 Å². The largest absolute Gasteiger partial charge is 0.356 e. The molecular formula is C22H29N5O. The molecule has 0 saturated carbocycles. The van der Waals surface area contributed by atoms with Crippen LogP contribution in [0.5, 0.6) is 0 Å². The van der Waals surface area contributed by atoms with Crippen LogP contribution < -0.4 is 4.90 Å².